The van der Waals surface area contributed by atoms with Crippen LogP contribution in [-0.2, 0) is 20.5 Å². The first-order chi connectivity index (χ1) is 13.4. The van der Waals surface area contributed by atoms with Crippen molar-refractivity contribution in [2.24, 2.45) is 4.40 Å². The van der Waals surface area contributed by atoms with Gasteiger partial charge in [-0.25, -0.2) is 13.8 Å². The second-order valence-corrected chi connectivity index (χ2v) is 11.9. The van der Waals surface area contributed by atoms with Crippen LogP contribution in [0.5, 0.6) is 0 Å². The van der Waals surface area contributed by atoms with Crippen LogP contribution in [0.15, 0.2) is 22.6 Å². The van der Waals surface area contributed by atoms with E-state index in [1.165, 1.54) is 24.4 Å². The fourth-order valence-electron chi connectivity index (χ4n) is 1.93. The molecule has 0 N–H and O–H groups in total. The Morgan fingerprint density at radius 1 is 0.967 bits per heavy atom. The van der Waals surface area contributed by atoms with E-state index >= 15 is 0 Å². The molecule has 30 heavy (non-hydrogen) atoms. The van der Waals surface area contributed by atoms with Crippen LogP contribution >= 0.6 is 11.6 Å². The lowest BCUT2D eigenvalue weighted by molar-refractivity contribution is 0.0430. The normalized spacial score (nSPS) is 13.8. The quantitative estimate of drug-likeness (QED) is 0.526. The Morgan fingerprint density at radius 3 is 1.83 bits per heavy atom. The van der Waals surface area contributed by atoms with Gasteiger partial charge in [0.2, 0.25) is 0 Å². The molecule has 0 bridgehead atoms. The first-order valence-corrected chi connectivity index (χ1v) is 10.9. The van der Waals surface area contributed by atoms with Crippen LogP contribution < -0.4 is 4.90 Å². The highest BCUT2D eigenvalue weighted by Crippen LogP contribution is 2.26. The van der Waals surface area contributed by atoms with E-state index < -0.39 is 39.1 Å². The molecule has 1 aromatic carbocycles. The van der Waals surface area contributed by atoms with E-state index in [4.69, 9.17) is 21.1 Å². The fraction of sp³-hybridized carbons (Fsp3) is 0.571. The SMILES string of the molecule is CC(C)(C)OC(=O)N(C(=O)OC(C)(C)C)c1ccc(Cl)c(C=NS(=O)C(C)(C)C)c1. The third-order valence-electron chi connectivity index (χ3n) is 3.20. The number of imide groups is 1. The summed E-state index contributed by atoms with van der Waals surface area (Å²) in [6.45, 7) is 15.6. The number of anilines is 1. The molecule has 0 aromatic heterocycles. The van der Waals surface area contributed by atoms with Crippen molar-refractivity contribution < 1.29 is 23.3 Å². The van der Waals surface area contributed by atoms with Crippen molar-refractivity contribution in [1.82, 2.24) is 0 Å². The van der Waals surface area contributed by atoms with Crippen molar-refractivity contribution in [2.45, 2.75) is 78.3 Å². The van der Waals surface area contributed by atoms with E-state index in [1.807, 2.05) is 0 Å². The number of carbonyl (C=O) groups is 2. The Bertz CT molecular complexity index is 820. The van der Waals surface area contributed by atoms with Crippen LogP contribution in [0, 0.1) is 0 Å². The van der Waals surface area contributed by atoms with Crippen molar-refractivity contribution in [3.63, 3.8) is 0 Å². The number of ether oxygens (including phenoxy) is 2. The van der Waals surface area contributed by atoms with Crippen LogP contribution in [0.4, 0.5) is 15.3 Å². The van der Waals surface area contributed by atoms with Crippen LogP contribution in [0.2, 0.25) is 5.02 Å². The molecule has 2 amide bonds. The zero-order valence-corrected chi connectivity index (χ0v) is 20.6. The summed E-state index contributed by atoms with van der Waals surface area (Å²) in [5.41, 5.74) is -1.07. The fourth-order valence-corrected chi connectivity index (χ4v) is 2.62. The average Bonchev–Trinajstić information content (AvgIpc) is 2.50. The van der Waals surface area contributed by atoms with Crippen molar-refractivity contribution in [3.8, 4) is 0 Å². The van der Waals surface area contributed by atoms with Gasteiger partial charge in [0, 0.05) is 16.8 Å². The lowest BCUT2D eigenvalue weighted by Gasteiger charge is -2.28. The number of halogens is 1. The molecule has 7 nitrogen and oxygen atoms in total. The van der Waals surface area contributed by atoms with Crippen molar-refractivity contribution in [3.05, 3.63) is 28.8 Å². The molecule has 9 heteroatoms. The van der Waals surface area contributed by atoms with E-state index in [9.17, 15) is 13.8 Å². The highest BCUT2D eigenvalue weighted by atomic mass is 35.5. The van der Waals surface area contributed by atoms with Gasteiger partial charge in [0.25, 0.3) is 0 Å². The van der Waals surface area contributed by atoms with Gasteiger partial charge in [0.05, 0.1) is 10.4 Å². The minimum absolute atomic E-state index is 0.186. The third-order valence-corrected chi connectivity index (χ3v) is 4.89. The van der Waals surface area contributed by atoms with Crippen LogP contribution in [0.1, 0.15) is 67.9 Å². The Hall–Kier alpha value is -1.93. The highest BCUT2D eigenvalue weighted by Gasteiger charge is 2.33. The predicted molar refractivity (Wildman–Crippen MR) is 122 cm³/mol. The minimum atomic E-state index is -1.49. The molecule has 0 heterocycles. The first-order valence-electron chi connectivity index (χ1n) is 9.42. The average molecular weight is 459 g/mol. The molecule has 1 atom stereocenters. The third kappa shape index (κ3) is 8.44. The summed E-state index contributed by atoms with van der Waals surface area (Å²) in [7, 11) is -1.49. The molecule has 0 spiro atoms. The summed E-state index contributed by atoms with van der Waals surface area (Å²) in [4.78, 5) is 26.3. The van der Waals surface area contributed by atoms with Gasteiger partial charge in [0.1, 0.15) is 22.2 Å². The summed E-state index contributed by atoms with van der Waals surface area (Å²) < 4.78 is 26.5. The summed E-state index contributed by atoms with van der Waals surface area (Å²) in [6, 6.07) is 4.49. The minimum Gasteiger partial charge on any atom is -0.443 e. The first kappa shape index (κ1) is 26.1. The van der Waals surface area contributed by atoms with Gasteiger partial charge >= 0.3 is 12.2 Å². The van der Waals surface area contributed by atoms with Gasteiger partial charge in [-0.2, -0.15) is 9.30 Å². The highest BCUT2D eigenvalue weighted by molar-refractivity contribution is 7.85. The van der Waals surface area contributed by atoms with E-state index in [2.05, 4.69) is 4.40 Å². The number of amides is 2. The zero-order valence-electron chi connectivity index (χ0n) is 19.0. The van der Waals surface area contributed by atoms with Gasteiger partial charge in [0.15, 0.2) is 0 Å². The zero-order chi connectivity index (χ0) is 23.5. The molecule has 0 aliphatic rings. The molecule has 0 aliphatic carbocycles. The molecule has 1 aromatic rings. The van der Waals surface area contributed by atoms with E-state index in [-0.39, 0.29) is 5.69 Å². The van der Waals surface area contributed by atoms with Gasteiger partial charge in [-0.1, -0.05) is 11.6 Å². The molecule has 0 fully saturated rings. The van der Waals surface area contributed by atoms with E-state index in [0.717, 1.165) is 4.90 Å². The number of benzene rings is 1. The number of nitrogens with zero attached hydrogens (tertiary/aromatic N) is 2. The Labute approximate surface area is 186 Å². The summed E-state index contributed by atoms with van der Waals surface area (Å²) in [5.74, 6) is 0. The van der Waals surface area contributed by atoms with Crippen molar-refractivity contribution in [1.29, 1.82) is 0 Å². The lowest BCUT2D eigenvalue weighted by Crippen LogP contribution is -2.43. The van der Waals surface area contributed by atoms with Crippen LogP contribution in [-0.4, -0.2) is 38.6 Å². The maximum Gasteiger partial charge on any atom is 0.424 e. The van der Waals surface area contributed by atoms with Gasteiger partial charge in [-0.05, 0) is 80.5 Å². The molecule has 168 valence electrons. The second-order valence-electron chi connectivity index (χ2n) is 9.60. The Kier molecular flexibility index (Phi) is 8.24. The number of hydrogen-bond acceptors (Lipinski definition) is 5. The van der Waals surface area contributed by atoms with E-state index in [1.54, 1.807) is 62.3 Å². The topological polar surface area (TPSA) is 85.3 Å². The van der Waals surface area contributed by atoms with Gasteiger partial charge in [-0.15, -0.1) is 0 Å². The largest absolute Gasteiger partial charge is 0.443 e. The monoisotopic (exact) mass is 458 g/mol. The molecule has 0 saturated carbocycles. The number of hydrogen-bond donors (Lipinski definition) is 0. The molecular weight excluding hydrogens is 428 g/mol. The number of rotatable bonds is 3. The molecule has 0 saturated heterocycles. The summed E-state index contributed by atoms with van der Waals surface area (Å²) >= 11 is 6.23. The number of carbonyl (C=O) groups excluding carboxylic acids is 2. The standard InChI is InChI=1S/C21H31ClN2O5S/c1-19(2,3)28-17(25)24(18(26)29-20(4,5)6)15-10-11-16(22)14(12-15)13-23-30(27)21(7,8)9/h10-13H,1-9H3. The lowest BCUT2D eigenvalue weighted by atomic mass is 10.2. The summed E-state index contributed by atoms with van der Waals surface area (Å²) in [6.07, 6.45) is -0.421. The smallest absolute Gasteiger partial charge is 0.424 e. The molecular formula is C21H31ClN2O5S. The van der Waals surface area contributed by atoms with Gasteiger partial charge < -0.3 is 9.47 Å². The Balaban J connectivity index is 3.39. The second kappa shape index (κ2) is 9.47. The molecule has 0 aliphatic heterocycles. The molecule has 1 unspecified atom stereocenters. The van der Waals surface area contributed by atoms with Crippen molar-refractivity contribution in [2.75, 3.05) is 4.90 Å². The Morgan fingerprint density at radius 2 is 1.43 bits per heavy atom. The van der Waals surface area contributed by atoms with Crippen LogP contribution in [0.3, 0.4) is 0 Å². The summed E-state index contributed by atoms with van der Waals surface area (Å²) in [5, 5.41) is 0.321. The van der Waals surface area contributed by atoms with Crippen molar-refractivity contribution >= 4 is 46.7 Å². The van der Waals surface area contributed by atoms with Crippen LogP contribution in [0.25, 0.3) is 0 Å². The maximum atomic E-state index is 12.8. The van der Waals surface area contributed by atoms with Gasteiger partial charge in [-0.3, -0.25) is 0 Å². The molecule has 1 rings (SSSR count). The van der Waals surface area contributed by atoms with E-state index in [0.29, 0.717) is 10.6 Å². The predicted octanol–water partition coefficient (Wildman–Crippen LogP) is 5.90. The maximum absolute atomic E-state index is 12.8. The molecule has 0 radical (unpaired) electrons.